The second-order valence-electron chi connectivity index (χ2n) is 6.60. The van der Waals surface area contributed by atoms with Crippen molar-refractivity contribution in [2.45, 2.75) is 20.0 Å². The quantitative estimate of drug-likeness (QED) is 0.694. The number of hydrogen-bond donors (Lipinski definition) is 0. The van der Waals surface area contributed by atoms with Gasteiger partial charge in [0, 0.05) is 24.7 Å². The summed E-state index contributed by atoms with van der Waals surface area (Å²) >= 11 is 0. The van der Waals surface area contributed by atoms with Crippen LogP contribution in [0.25, 0.3) is 0 Å². The smallest absolute Gasteiger partial charge is 0.260 e. The minimum Gasteiger partial charge on any atom is -0.473 e. The van der Waals surface area contributed by atoms with Crippen LogP contribution >= 0.6 is 0 Å². The van der Waals surface area contributed by atoms with Gasteiger partial charge < -0.3 is 9.64 Å². The standard InChI is InChI=1S/C22H19FN2O2/c1-15-5-7-18(8-6-15)25-12-11-20-19(22(25)26)9-10-21(24-20)27-14-16-3-2-4-17(23)13-16/h2-10,13H,11-12,14H2,1H3. The highest BCUT2D eigenvalue weighted by Gasteiger charge is 2.26. The summed E-state index contributed by atoms with van der Waals surface area (Å²) in [4.78, 5) is 19.1. The fourth-order valence-electron chi connectivity index (χ4n) is 3.17. The van der Waals surface area contributed by atoms with Gasteiger partial charge in [0.25, 0.3) is 5.91 Å². The van der Waals surface area contributed by atoms with E-state index in [1.165, 1.54) is 12.1 Å². The first-order valence-electron chi connectivity index (χ1n) is 8.86. The number of hydrogen-bond acceptors (Lipinski definition) is 3. The molecule has 4 nitrogen and oxygen atoms in total. The van der Waals surface area contributed by atoms with Gasteiger partial charge in [-0.2, -0.15) is 0 Å². The molecule has 3 aromatic rings. The zero-order valence-electron chi connectivity index (χ0n) is 15.0. The molecule has 4 rings (SSSR count). The van der Waals surface area contributed by atoms with E-state index in [0.717, 1.165) is 22.5 Å². The summed E-state index contributed by atoms with van der Waals surface area (Å²) in [5, 5.41) is 0. The lowest BCUT2D eigenvalue weighted by molar-refractivity contribution is 0.0979. The number of aromatic nitrogens is 1. The molecule has 27 heavy (non-hydrogen) atoms. The Labute approximate surface area is 157 Å². The van der Waals surface area contributed by atoms with Gasteiger partial charge in [0.1, 0.15) is 12.4 Å². The van der Waals surface area contributed by atoms with E-state index in [1.54, 1.807) is 29.2 Å². The zero-order valence-corrected chi connectivity index (χ0v) is 15.0. The Morgan fingerprint density at radius 2 is 1.93 bits per heavy atom. The topological polar surface area (TPSA) is 42.4 Å². The van der Waals surface area contributed by atoms with Crippen molar-refractivity contribution in [1.29, 1.82) is 0 Å². The lowest BCUT2D eigenvalue weighted by atomic mass is 10.0. The van der Waals surface area contributed by atoms with Crippen molar-refractivity contribution in [3.05, 3.63) is 88.9 Å². The third-order valence-corrected chi connectivity index (χ3v) is 4.62. The molecule has 0 fully saturated rings. The van der Waals surface area contributed by atoms with E-state index < -0.39 is 0 Å². The molecule has 0 aliphatic carbocycles. The lowest BCUT2D eigenvalue weighted by Crippen LogP contribution is -2.38. The summed E-state index contributed by atoms with van der Waals surface area (Å²) in [5.41, 5.74) is 4.12. The van der Waals surface area contributed by atoms with Crippen LogP contribution in [-0.4, -0.2) is 17.4 Å². The average Bonchev–Trinajstić information content (AvgIpc) is 2.68. The fraction of sp³-hybridized carbons (Fsp3) is 0.182. The molecule has 5 heteroatoms. The number of nitrogens with zero attached hydrogens (tertiary/aromatic N) is 2. The van der Waals surface area contributed by atoms with Crippen LogP contribution in [0, 0.1) is 12.7 Å². The first-order valence-corrected chi connectivity index (χ1v) is 8.86. The molecule has 0 radical (unpaired) electrons. The van der Waals surface area contributed by atoms with E-state index >= 15 is 0 Å². The number of benzene rings is 2. The Balaban J connectivity index is 1.50. The van der Waals surface area contributed by atoms with Crippen LogP contribution in [0.3, 0.4) is 0 Å². The second kappa shape index (κ2) is 7.19. The second-order valence-corrected chi connectivity index (χ2v) is 6.60. The number of rotatable bonds is 4. The summed E-state index contributed by atoms with van der Waals surface area (Å²) in [6.45, 7) is 2.83. The summed E-state index contributed by atoms with van der Waals surface area (Å²) < 4.78 is 18.9. The Hall–Kier alpha value is -3.21. The van der Waals surface area contributed by atoms with E-state index in [0.29, 0.717) is 24.4 Å². The van der Waals surface area contributed by atoms with Crippen LogP contribution in [0.4, 0.5) is 10.1 Å². The molecule has 0 unspecified atom stereocenters. The number of ether oxygens (including phenoxy) is 1. The van der Waals surface area contributed by atoms with Gasteiger partial charge in [-0.3, -0.25) is 4.79 Å². The highest BCUT2D eigenvalue weighted by molar-refractivity contribution is 6.07. The molecule has 0 spiro atoms. The molecule has 1 aliphatic heterocycles. The molecule has 136 valence electrons. The van der Waals surface area contributed by atoms with Gasteiger partial charge in [-0.1, -0.05) is 29.8 Å². The molecular weight excluding hydrogens is 343 g/mol. The summed E-state index contributed by atoms with van der Waals surface area (Å²) in [6.07, 6.45) is 0.659. The number of amides is 1. The number of pyridine rings is 1. The Bertz CT molecular complexity index is 986. The number of halogens is 1. The van der Waals surface area contributed by atoms with Crippen molar-refractivity contribution < 1.29 is 13.9 Å². The van der Waals surface area contributed by atoms with Crippen molar-refractivity contribution in [2.75, 3.05) is 11.4 Å². The number of anilines is 1. The van der Waals surface area contributed by atoms with Crippen LogP contribution in [0.15, 0.2) is 60.7 Å². The largest absolute Gasteiger partial charge is 0.473 e. The molecule has 0 saturated carbocycles. The van der Waals surface area contributed by atoms with E-state index in [4.69, 9.17) is 4.74 Å². The summed E-state index contributed by atoms with van der Waals surface area (Å²) in [6, 6.07) is 17.6. The van der Waals surface area contributed by atoms with Crippen LogP contribution in [0.1, 0.15) is 27.2 Å². The van der Waals surface area contributed by atoms with E-state index in [1.807, 2.05) is 31.2 Å². The predicted molar refractivity (Wildman–Crippen MR) is 102 cm³/mol. The third-order valence-electron chi connectivity index (χ3n) is 4.62. The van der Waals surface area contributed by atoms with Gasteiger partial charge in [0.05, 0.1) is 11.3 Å². The molecule has 0 saturated heterocycles. The number of fused-ring (bicyclic) bond motifs is 1. The van der Waals surface area contributed by atoms with Crippen molar-refractivity contribution >= 4 is 11.6 Å². The predicted octanol–water partition coefficient (Wildman–Crippen LogP) is 4.31. The zero-order chi connectivity index (χ0) is 18.8. The number of carbonyl (C=O) groups excluding carboxylic acids is 1. The monoisotopic (exact) mass is 362 g/mol. The highest BCUT2D eigenvalue weighted by Crippen LogP contribution is 2.25. The van der Waals surface area contributed by atoms with Crippen molar-refractivity contribution in [2.24, 2.45) is 0 Å². The van der Waals surface area contributed by atoms with Crippen molar-refractivity contribution in [3.8, 4) is 5.88 Å². The highest BCUT2D eigenvalue weighted by atomic mass is 19.1. The molecule has 0 bridgehead atoms. The molecule has 1 amide bonds. The van der Waals surface area contributed by atoms with Gasteiger partial charge in [-0.05, 0) is 42.8 Å². The van der Waals surface area contributed by atoms with Crippen molar-refractivity contribution in [3.63, 3.8) is 0 Å². The summed E-state index contributed by atoms with van der Waals surface area (Å²) in [7, 11) is 0. The maximum atomic E-state index is 13.2. The average molecular weight is 362 g/mol. The van der Waals surface area contributed by atoms with E-state index in [-0.39, 0.29) is 18.3 Å². The fourth-order valence-corrected chi connectivity index (χ4v) is 3.17. The van der Waals surface area contributed by atoms with Gasteiger partial charge in [-0.25, -0.2) is 9.37 Å². The maximum Gasteiger partial charge on any atom is 0.260 e. The molecule has 2 heterocycles. The number of carbonyl (C=O) groups is 1. The first kappa shape index (κ1) is 17.2. The minimum absolute atomic E-state index is 0.0516. The summed E-state index contributed by atoms with van der Waals surface area (Å²) in [5.74, 6) is 0.0928. The Kier molecular flexibility index (Phi) is 4.59. The van der Waals surface area contributed by atoms with Crippen LogP contribution in [-0.2, 0) is 13.0 Å². The molecule has 0 atom stereocenters. The Morgan fingerprint density at radius 1 is 1.11 bits per heavy atom. The maximum absolute atomic E-state index is 13.2. The molecule has 1 aliphatic rings. The minimum atomic E-state index is -0.295. The molecule has 1 aromatic heterocycles. The van der Waals surface area contributed by atoms with Gasteiger partial charge >= 0.3 is 0 Å². The molecular formula is C22H19FN2O2. The normalized spacial score (nSPS) is 13.4. The molecule has 2 aromatic carbocycles. The van der Waals surface area contributed by atoms with Gasteiger partial charge in [0.2, 0.25) is 5.88 Å². The third kappa shape index (κ3) is 3.67. The Morgan fingerprint density at radius 3 is 2.70 bits per heavy atom. The lowest BCUT2D eigenvalue weighted by Gasteiger charge is -2.28. The van der Waals surface area contributed by atoms with Gasteiger partial charge in [0.15, 0.2) is 0 Å². The number of aryl methyl sites for hydroxylation is 1. The SMILES string of the molecule is Cc1ccc(N2CCc3nc(OCc4cccc(F)c4)ccc3C2=O)cc1. The van der Waals surface area contributed by atoms with Crippen LogP contribution in [0.2, 0.25) is 0 Å². The van der Waals surface area contributed by atoms with Crippen LogP contribution < -0.4 is 9.64 Å². The van der Waals surface area contributed by atoms with E-state index in [9.17, 15) is 9.18 Å². The van der Waals surface area contributed by atoms with E-state index in [2.05, 4.69) is 4.98 Å². The van der Waals surface area contributed by atoms with Gasteiger partial charge in [-0.15, -0.1) is 0 Å². The van der Waals surface area contributed by atoms with Crippen molar-refractivity contribution in [1.82, 2.24) is 4.98 Å². The first-order chi connectivity index (χ1) is 13.1. The molecule has 0 N–H and O–H groups in total. The van der Waals surface area contributed by atoms with Crippen LogP contribution in [0.5, 0.6) is 5.88 Å².